The summed E-state index contributed by atoms with van der Waals surface area (Å²) in [4.78, 5) is 53.5. The van der Waals surface area contributed by atoms with Crippen LogP contribution in [0.2, 0.25) is 0 Å². The molecule has 0 spiro atoms. The van der Waals surface area contributed by atoms with E-state index < -0.39 is 23.8 Å². The summed E-state index contributed by atoms with van der Waals surface area (Å²) in [5, 5.41) is 5.89. The van der Waals surface area contributed by atoms with Crippen molar-refractivity contribution in [3.05, 3.63) is 34.9 Å². The van der Waals surface area contributed by atoms with Crippen molar-refractivity contribution >= 4 is 23.6 Å². The van der Waals surface area contributed by atoms with Gasteiger partial charge in [0, 0.05) is 32.1 Å². The van der Waals surface area contributed by atoms with Gasteiger partial charge >= 0.3 is 0 Å². The zero-order chi connectivity index (χ0) is 20.8. The molecule has 4 heterocycles. The minimum Gasteiger partial charge on any atom is -0.312 e. The highest BCUT2D eigenvalue weighted by molar-refractivity contribution is 6.24. The van der Waals surface area contributed by atoms with Crippen molar-refractivity contribution in [1.29, 1.82) is 0 Å². The fraction of sp³-hybridized carbons (Fsp3) is 0.545. The monoisotopic (exact) mass is 410 g/mol. The van der Waals surface area contributed by atoms with Crippen LogP contribution in [0.15, 0.2) is 18.2 Å². The number of hydrogen-bond acceptors (Lipinski definition) is 6. The quantitative estimate of drug-likeness (QED) is 0.711. The molecule has 1 aromatic rings. The SMILES string of the molecule is O=C1CCC(N2C(=O)c3cccc(CN4CC5CCCC(C4)NC5)c3C2=O)C(=O)N1. The van der Waals surface area contributed by atoms with Gasteiger partial charge in [0.2, 0.25) is 11.8 Å². The summed E-state index contributed by atoms with van der Waals surface area (Å²) in [5.41, 5.74) is 1.60. The van der Waals surface area contributed by atoms with E-state index in [1.807, 2.05) is 12.1 Å². The number of nitrogens with zero attached hydrogens (tertiary/aromatic N) is 2. The second kappa shape index (κ2) is 7.59. The minimum absolute atomic E-state index is 0.125. The third-order valence-corrected chi connectivity index (χ3v) is 6.80. The van der Waals surface area contributed by atoms with Crippen molar-refractivity contribution in [3.8, 4) is 0 Å². The van der Waals surface area contributed by atoms with Gasteiger partial charge in [0.25, 0.3) is 11.8 Å². The van der Waals surface area contributed by atoms with E-state index in [2.05, 4.69) is 15.5 Å². The second-order valence-corrected chi connectivity index (χ2v) is 8.88. The first-order chi connectivity index (χ1) is 14.5. The molecule has 3 unspecified atom stereocenters. The second-order valence-electron chi connectivity index (χ2n) is 8.88. The predicted octanol–water partition coefficient (Wildman–Crippen LogP) is 0.662. The van der Waals surface area contributed by atoms with Crippen LogP contribution in [0.4, 0.5) is 0 Å². The van der Waals surface area contributed by atoms with E-state index in [1.54, 1.807) is 6.07 Å². The van der Waals surface area contributed by atoms with E-state index in [4.69, 9.17) is 0 Å². The smallest absolute Gasteiger partial charge is 0.262 e. The Hall–Kier alpha value is -2.58. The summed E-state index contributed by atoms with van der Waals surface area (Å²) >= 11 is 0. The molecular weight excluding hydrogens is 384 g/mol. The van der Waals surface area contributed by atoms with Gasteiger partial charge in [0.15, 0.2) is 0 Å². The number of amides is 4. The summed E-state index contributed by atoms with van der Waals surface area (Å²) < 4.78 is 0. The van der Waals surface area contributed by atoms with Crippen LogP contribution in [0.5, 0.6) is 0 Å². The number of carbonyl (C=O) groups is 4. The van der Waals surface area contributed by atoms with E-state index in [0.717, 1.165) is 30.1 Å². The first kappa shape index (κ1) is 19.4. The van der Waals surface area contributed by atoms with Crippen molar-refractivity contribution in [2.75, 3.05) is 19.6 Å². The molecule has 4 aliphatic rings. The van der Waals surface area contributed by atoms with Gasteiger partial charge in [-0.1, -0.05) is 18.6 Å². The summed E-state index contributed by atoms with van der Waals surface area (Å²) in [6.45, 7) is 3.56. The molecule has 3 atom stereocenters. The van der Waals surface area contributed by atoms with Gasteiger partial charge < -0.3 is 5.32 Å². The Morgan fingerprint density at radius 2 is 1.87 bits per heavy atom. The van der Waals surface area contributed by atoms with Gasteiger partial charge in [-0.2, -0.15) is 0 Å². The van der Waals surface area contributed by atoms with Crippen LogP contribution in [0.3, 0.4) is 0 Å². The van der Waals surface area contributed by atoms with Gasteiger partial charge in [-0.05, 0) is 43.4 Å². The standard InChI is InChI=1S/C22H26N4O4/c27-18-8-7-17(20(28)24-18)26-21(29)16-6-2-4-14(19(16)22(26)30)11-25-10-13-3-1-5-15(12-25)23-9-13/h2,4,6,13,15,17,23H,1,3,5,7-12H2,(H,24,27,28). The maximum Gasteiger partial charge on any atom is 0.262 e. The van der Waals surface area contributed by atoms with Crippen LogP contribution in [0.1, 0.15) is 58.4 Å². The molecule has 5 rings (SSSR count). The van der Waals surface area contributed by atoms with Crippen LogP contribution in [-0.2, 0) is 16.1 Å². The Labute approximate surface area is 175 Å². The summed E-state index contributed by atoms with van der Waals surface area (Å²) in [5.74, 6) is -1.21. The van der Waals surface area contributed by atoms with Gasteiger partial charge in [0.05, 0.1) is 11.1 Å². The molecule has 1 aromatic carbocycles. The van der Waals surface area contributed by atoms with Crippen LogP contribution >= 0.6 is 0 Å². The fourth-order valence-electron chi connectivity index (χ4n) is 5.34. The van der Waals surface area contributed by atoms with Crippen molar-refractivity contribution in [2.45, 2.75) is 50.7 Å². The molecule has 8 nitrogen and oxygen atoms in total. The molecule has 0 aromatic heterocycles. The minimum atomic E-state index is -0.926. The van der Waals surface area contributed by atoms with Gasteiger partial charge in [-0.15, -0.1) is 0 Å². The number of nitrogens with one attached hydrogen (secondary N) is 2. The van der Waals surface area contributed by atoms with E-state index in [9.17, 15) is 19.2 Å². The highest BCUT2D eigenvalue weighted by atomic mass is 16.2. The van der Waals surface area contributed by atoms with Crippen LogP contribution in [0, 0.1) is 5.92 Å². The number of likely N-dealkylation sites (tertiary alicyclic amines) is 1. The predicted molar refractivity (Wildman–Crippen MR) is 108 cm³/mol. The van der Waals surface area contributed by atoms with Crippen molar-refractivity contribution in [2.24, 2.45) is 5.92 Å². The number of carbonyl (C=O) groups excluding carboxylic acids is 4. The lowest BCUT2D eigenvalue weighted by molar-refractivity contribution is -0.136. The van der Waals surface area contributed by atoms with Gasteiger partial charge in [0.1, 0.15) is 6.04 Å². The maximum absolute atomic E-state index is 13.3. The zero-order valence-corrected chi connectivity index (χ0v) is 16.9. The Morgan fingerprint density at radius 1 is 1.00 bits per heavy atom. The molecule has 3 saturated heterocycles. The Bertz CT molecular complexity index is 916. The first-order valence-electron chi connectivity index (χ1n) is 10.8. The maximum atomic E-state index is 13.3. The van der Waals surface area contributed by atoms with Crippen LogP contribution in [0.25, 0.3) is 0 Å². The molecule has 0 saturated carbocycles. The molecule has 4 aliphatic heterocycles. The zero-order valence-electron chi connectivity index (χ0n) is 16.9. The number of fused-ring (bicyclic) bond motifs is 4. The van der Waals surface area contributed by atoms with Crippen LogP contribution in [-0.4, -0.2) is 65.1 Å². The highest BCUT2D eigenvalue weighted by Gasteiger charge is 2.45. The Balaban J connectivity index is 1.41. The molecule has 0 aliphatic carbocycles. The van der Waals surface area contributed by atoms with Gasteiger partial charge in [-0.3, -0.25) is 34.3 Å². The number of hydrogen-bond donors (Lipinski definition) is 2. The third kappa shape index (κ3) is 3.33. The molecule has 2 bridgehead atoms. The largest absolute Gasteiger partial charge is 0.312 e. The summed E-state index contributed by atoms with van der Waals surface area (Å²) in [7, 11) is 0. The lowest BCUT2D eigenvalue weighted by atomic mass is 9.98. The lowest BCUT2D eigenvalue weighted by Crippen LogP contribution is -2.54. The van der Waals surface area contributed by atoms with E-state index >= 15 is 0 Å². The molecular formula is C22H26N4O4. The molecule has 4 amide bonds. The normalized spacial score (nSPS) is 29.6. The van der Waals surface area contributed by atoms with Crippen molar-refractivity contribution in [1.82, 2.24) is 20.4 Å². The molecule has 2 N–H and O–H groups in total. The topological polar surface area (TPSA) is 98.8 Å². The van der Waals surface area contributed by atoms with E-state index in [0.29, 0.717) is 29.6 Å². The Morgan fingerprint density at radius 3 is 2.70 bits per heavy atom. The van der Waals surface area contributed by atoms with E-state index in [1.165, 1.54) is 19.3 Å². The molecule has 30 heavy (non-hydrogen) atoms. The number of imide groups is 2. The van der Waals surface area contributed by atoms with Crippen molar-refractivity contribution in [3.63, 3.8) is 0 Å². The average Bonchev–Trinajstić information content (AvgIpc) is 2.90. The summed E-state index contributed by atoms with van der Waals surface area (Å²) in [6.07, 6.45) is 3.94. The number of rotatable bonds is 3. The first-order valence-corrected chi connectivity index (χ1v) is 10.8. The molecule has 3 fully saturated rings. The number of benzene rings is 1. The number of piperidine rings is 1. The molecule has 158 valence electrons. The van der Waals surface area contributed by atoms with Crippen molar-refractivity contribution < 1.29 is 19.2 Å². The summed E-state index contributed by atoms with van der Waals surface area (Å²) in [6, 6.07) is 4.91. The van der Waals surface area contributed by atoms with Gasteiger partial charge in [-0.25, -0.2) is 0 Å². The van der Waals surface area contributed by atoms with Crippen LogP contribution < -0.4 is 10.6 Å². The third-order valence-electron chi connectivity index (χ3n) is 6.80. The lowest BCUT2D eigenvalue weighted by Gasteiger charge is -2.29. The average molecular weight is 410 g/mol. The molecule has 0 radical (unpaired) electrons. The molecule has 8 heteroatoms. The fourth-order valence-corrected chi connectivity index (χ4v) is 5.34. The Kier molecular flexibility index (Phi) is 4.91. The van der Waals surface area contributed by atoms with E-state index in [-0.39, 0.29) is 18.7 Å². The highest BCUT2D eigenvalue weighted by Crippen LogP contribution is 2.31.